The molecule has 1 aliphatic heterocycles. The number of benzene rings is 1. The van der Waals surface area contributed by atoms with Crippen molar-refractivity contribution in [3.05, 3.63) is 36.4 Å². The molecule has 6 heteroatoms. The minimum Gasteiger partial charge on any atom is -0.367 e. The van der Waals surface area contributed by atoms with Crippen molar-refractivity contribution in [2.75, 3.05) is 12.4 Å². The summed E-state index contributed by atoms with van der Waals surface area (Å²) in [5.41, 5.74) is 0.472. The van der Waals surface area contributed by atoms with Crippen molar-refractivity contribution in [1.29, 1.82) is 5.41 Å². The standard InChI is InChI=1S/C23H29N5O/c1-28-21(29)23(17-10-11-17,27-22(28)24)14-15-5-4-7-18(13-15)25-20-12-9-16-6-2-3-8-19(16)26-20/h2-3,6,8-9,12,15,17-18H,4-5,7,10-11,13-14H2,1H3,(H2,24,27)(H,25,26)/t15-,18+,23-/m0/s1. The molecule has 3 fully saturated rings. The van der Waals surface area contributed by atoms with Crippen LogP contribution in [0.2, 0.25) is 0 Å². The number of anilines is 1. The third-order valence-electron chi connectivity index (χ3n) is 6.98. The van der Waals surface area contributed by atoms with Crippen molar-refractivity contribution in [3.8, 4) is 0 Å². The average Bonchev–Trinajstić information content (AvgIpc) is 3.55. The Morgan fingerprint density at radius 1 is 1.21 bits per heavy atom. The third-order valence-corrected chi connectivity index (χ3v) is 6.98. The van der Waals surface area contributed by atoms with Crippen molar-refractivity contribution >= 4 is 28.6 Å². The van der Waals surface area contributed by atoms with Crippen molar-refractivity contribution < 1.29 is 4.79 Å². The molecule has 0 spiro atoms. The monoisotopic (exact) mass is 391 g/mol. The van der Waals surface area contributed by atoms with E-state index in [0.29, 0.717) is 17.9 Å². The van der Waals surface area contributed by atoms with Gasteiger partial charge < -0.3 is 10.6 Å². The van der Waals surface area contributed by atoms with Crippen LogP contribution in [-0.2, 0) is 4.79 Å². The maximum Gasteiger partial charge on any atom is 0.255 e. The summed E-state index contributed by atoms with van der Waals surface area (Å²) in [5.74, 6) is 2.15. The fourth-order valence-corrected chi connectivity index (χ4v) is 5.33. The highest BCUT2D eigenvalue weighted by Crippen LogP contribution is 2.47. The van der Waals surface area contributed by atoms with Crippen LogP contribution in [0.3, 0.4) is 0 Å². The van der Waals surface area contributed by atoms with E-state index in [4.69, 9.17) is 10.4 Å². The number of nitrogens with one attached hydrogen (secondary N) is 3. The van der Waals surface area contributed by atoms with Crippen LogP contribution >= 0.6 is 0 Å². The summed E-state index contributed by atoms with van der Waals surface area (Å²) in [6, 6.07) is 12.8. The first-order chi connectivity index (χ1) is 14.0. The van der Waals surface area contributed by atoms with Crippen molar-refractivity contribution in [3.63, 3.8) is 0 Å². The van der Waals surface area contributed by atoms with Gasteiger partial charge in [-0.25, -0.2) is 4.98 Å². The zero-order chi connectivity index (χ0) is 20.0. The van der Waals surface area contributed by atoms with Crippen molar-refractivity contribution in [2.24, 2.45) is 11.8 Å². The van der Waals surface area contributed by atoms with Gasteiger partial charge in [0.1, 0.15) is 11.4 Å². The van der Waals surface area contributed by atoms with E-state index in [1.54, 1.807) is 7.05 Å². The lowest BCUT2D eigenvalue weighted by molar-refractivity contribution is -0.131. The Morgan fingerprint density at radius 3 is 2.79 bits per heavy atom. The lowest BCUT2D eigenvalue weighted by atomic mass is 9.75. The SMILES string of the molecule is CN1C(=N)N[C@@](C[C@H]2CCC[C@@H](Nc3ccc4ccccc4n3)C2)(C2CC2)C1=O. The largest absolute Gasteiger partial charge is 0.367 e. The second kappa shape index (κ2) is 7.01. The summed E-state index contributed by atoms with van der Waals surface area (Å²) in [5, 5.41) is 16.2. The number of hydrogen-bond acceptors (Lipinski definition) is 4. The highest BCUT2D eigenvalue weighted by atomic mass is 16.2. The van der Waals surface area contributed by atoms with E-state index < -0.39 is 5.54 Å². The maximum absolute atomic E-state index is 13.0. The second-order valence-corrected chi connectivity index (χ2v) is 9.05. The van der Waals surface area contributed by atoms with Gasteiger partial charge in [0.25, 0.3) is 5.91 Å². The molecule has 1 aromatic carbocycles. The first kappa shape index (κ1) is 18.4. The second-order valence-electron chi connectivity index (χ2n) is 9.05. The number of para-hydroxylation sites is 1. The Kier molecular flexibility index (Phi) is 4.45. The van der Waals surface area contributed by atoms with Crippen molar-refractivity contribution in [2.45, 2.75) is 56.5 Å². The zero-order valence-electron chi connectivity index (χ0n) is 16.9. The van der Waals surface area contributed by atoms with Gasteiger partial charge in [-0.3, -0.25) is 15.1 Å². The van der Waals surface area contributed by atoms with Crippen molar-refractivity contribution in [1.82, 2.24) is 15.2 Å². The molecule has 1 aromatic heterocycles. The number of carbonyl (C=O) groups excluding carboxylic acids is 1. The first-order valence-electron chi connectivity index (χ1n) is 10.8. The topological polar surface area (TPSA) is 81.1 Å². The highest BCUT2D eigenvalue weighted by Gasteiger charge is 2.57. The Labute approximate surface area is 171 Å². The molecule has 6 nitrogen and oxygen atoms in total. The summed E-state index contributed by atoms with van der Waals surface area (Å²) >= 11 is 0. The van der Waals surface area contributed by atoms with Gasteiger partial charge in [0.15, 0.2) is 5.96 Å². The minimum atomic E-state index is -0.542. The number of amides is 1. The first-order valence-corrected chi connectivity index (χ1v) is 10.8. The summed E-state index contributed by atoms with van der Waals surface area (Å²) in [6.07, 6.45) is 7.53. The molecule has 5 rings (SSSR count). The van der Waals surface area contributed by atoms with Gasteiger partial charge in [0.2, 0.25) is 0 Å². The van der Waals surface area contributed by atoms with Gasteiger partial charge in [-0.05, 0) is 62.1 Å². The van der Waals surface area contributed by atoms with E-state index in [1.807, 2.05) is 18.2 Å². The maximum atomic E-state index is 13.0. The van der Waals surface area contributed by atoms with E-state index in [0.717, 1.165) is 61.7 Å². The summed E-state index contributed by atoms with van der Waals surface area (Å²) in [4.78, 5) is 19.3. The molecule has 0 unspecified atom stereocenters. The highest BCUT2D eigenvalue weighted by molar-refractivity contribution is 6.08. The Hall–Kier alpha value is -2.63. The molecule has 2 aliphatic carbocycles. The van der Waals surface area contributed by atoms with Crippen LogP contribution < -0.4 is 10.6 Å². The van der Waals surface area contributed by atoms with E-state index in [9.17, 15) is 4.79 Å². The summed E-state index contributed by atoms with van der Waals surface area (Å²) < 4.78 is 0. The van der Waals surface area contributed by atoms with Gasteiger partial charge in [-0.2, -0.15) is 0 Å². The Bertz CT molecular complexity index is 955. The van der Waals surface area contributed by atoms with Crippen LogP contribution in [0.4, 0.5) is 5.82 Å². The Morgan fingerprint density at radius 2 is 2.03 bits per heavy atom. The Balaban J connectivity index is 1.29. The molecule has 3 aliphatic rings. The normalized spacial score (nSPS) is 29.9. The molecule has 3 N–H and O–H groups in total. The fraction of sp³-hybridized carbons (Fsp3) is 0.522. The van der Waals surface area contributed by atoms with Gasteiger partial charge in [-0.15, -0.1) is 0 Å². The quantitative estimate of drug-likeness (QED) is 0.725. The van der Waals surface area contributed by atoms with Crippen LogP contribution in [0.1, 0.15) is 44.9 Å². The summed E-state index contributed by atoms with van der Waals surface area (Å²) in [6.45, 7) is 0. The number of likely N-dealkylation sites (N-methyl/N-ethyl adjacent to an activating group) is 1. The van der Waals surface area contributed by atoms with Gasteiger partial charge in [0, 0.05) is 18.5 Å². The number of hydrogen-bond donors (Lipinski definition) is 3. The molecule has 29 heavy (non-hydrogen) atoms. The van der Waals surface area contributed by atoms with Crippen LogP contribution in [0, 0.1) is 17.2 Å². The molecular weight excluding hydrogens is 362 g/mol. The van der Waals surface area contributed by atoms with E-state index in [-0.39, 0.29) is 11.9 Å². The third kappa shape index (κ3) is 3.34. The predicted molar refractivity (Wildman–Crippen MR) is 115 cm³/mol. The molecule has 3 atom stereocenters. The molecule has 2 heterocycles. The number of guanidine groups is 1. The molecule has 2 aromatic rings. The molecule has 1 amide bonds. The zero-order valence-corrected chi connectivity index (χ0v) is 16.9. The lowest BCUT2D eigenvalue weighted by Crippen LogP contribution is -2.51. The number of nitrogens with zero attached hydrogens (tertiary/aromatic N) is 2. The van der Waals surface area contributed by atoms with Gasteiger partial charge >= 0.3 is 0 Å². The number of aromatic nitrogens is 1. The number of fused-ring (bicyclic) bond motifs is 1. The molecule has 1 saturated heterocycles. The smallest absolute Gasteiger partial charge is 0.255 e. The lowest BCUT2D eigenvalue weighted by Gasteiger charge is -2.36. The number of carbonyl (C=O) groups is 1. The van der Waals surface area contributed by atoms with Crippen LogP contribution in [0.25, 0.3) is 10.9 Å². The van der Waals surface area contributed by atoms with E-state index in [2.05, 4.69) is 28.8 Å². The van der Waals surface area contributed by atoms with Crippen LogP contribution in [0.5, 0.6) is 0 Å². The van der Waals surface area contributed by atoms with E-state index in [1.165, 1.54) is 4.90 Å². The molecule has 152 valence electrons. The summed E-state index contributed by atoms with van der Waals surface area (Å²) in [7, 11) is 1.72. The van der Waals surface area contributed by atoms with Crippen LogP contribution in [-0.4, -0.2) is 40.4 Å². The van der Waals surface area contributed by atoms with Gasteiger partial charge in [-0.1, -0.05) is 31.0 Å². The number of pyridine rings is 1. The fourth-order valence-electron chi connectivity index (χ4n) is 5.33. The molecular formula is C23H29N5O. The minimum absolute atomic E-state index is 0.0938. The molecule has 2 saturated carbocycles. The molecule has 0 radical (unpaired) electrons. The van der Waals surface area contributed by atoms with Crippen LogP contribution in [0.15, 0.2) is 36.4 Å². The molecule has 0 bridgehead atoms. The number of rotatable bonds is 5. The van der Waals surface area contributed by atoms with Gasteiger partial charge in [0.05, 0.1) is 5.52 Å². The predicted octanol–water partition coefficient (Wildman–Crippen LogP) is 3.74. The average molecular weight is 392 g/mol. The van der Waals surface area contributed by atoms with E-state index >= 15 is 0 Å².